The molecule has 0 spiro atoms. The minimum absolute atomic E-state index is 0.101. The van der Waals surface area contributed by atoms with E-state index in [0.29, 0.717) is 0 Å². The smallest absolute Gasteiger partial charge is 0.312 e. The number of aromatic amines is 1. The normalized spacial score (nSPS) is 12.5. The third-order valence-corrected chi connectivity index (χ3v) is 1.98. The lowest BCUT2D eigenvalue weighted by Crippen LogP contribution is -2.32. The van der Waals surface area contributed by atoms with E-state index in [4.69, 9.17) is 5.73 Å². The average molecular weight is 182 g/mol. The molecule has 0 bridgehead atoms. The van der Waals surface area contributed by atoms with Crippen LogP contribution in [0, 0.1) is 13.8 Å². The molecule has 0 saturated carbocycles. The summed E-state index contributed by atoms with van der Waals surface area (Å²) in [6, 6.07) is -0.622. The zero-order valence-corrected chi connectivity index (χ0v) is 8.01. The number of carbonyl (C=O) groups is 1. The number of aromatic nitrogens is 2. The van der Waals surface area contributed by atoms with Gasteiger partial charge in [-0.1, -0.05) is 0 Å². The fourth-order valence-corrected chi connectivity index (χ4v) is 1.48. The van der Waals surface area contributed by atoms with Gasteiger partial charge in [0.25, 0.3) is 0 Å². The predicted octanol–water partition coefficient (Wildman–Crippen LogP) is 0.756. The Hall–Kier alpha value is -1.52. The van der Waals surface area contributed by atoms with Crippen LogP contribution in [0.15, 0.2) is 0 Å². The van der Waals surface area contributed by atoms with Crippen molar-refractivity contribution in [2.75, 3.05) is 0 Å². The number of hydrogen-bond donors (Lipinski definition) is 3. The molecule has 13 heavy (non-hydrogen) atoms. The van der Waals surface area contributed by atoms with Gasteiger partial charge >= 0.3 is 6.03 Å². The Labute approximate surface area is 76.7 Å². The molecule has 0 aliphatic heterocycles. The summed E-state index contributed by atoms with van der Waals surface area (Å²) in [6.07, 6.45) is 0. The molecule has 1 atom stereocenters. The number of aryl methyl sites for hydroxylation is 2. The fraction of sp³-hybridized carbons (Fsp3) is 0.500. The topological polar surface area (TPSA) is 83.8 Å². The molecule has 1 aromatic rings. The Morgan fingerprint density at radius 2 is 2.23 bits per heavy atom. The largest absolute Gasteiger partial charge is 0.352 e. The first-order valence-corrected chi connectivity index (χ1v) is 4.09. The number of nitrogens with one attached hydrogen (secondary N) is 2. The Morgan fingerprint density at radius 3 is 2.62 bits per heavy atom. The summed E-state index contributed by atoms with van der Waals surface area (Å²) in [4.78, 5) is 10.6. The summed E-state index contributed by atoms with van der Waals surface area (Å²) in [7, 11) is 0. The van der Waals surface area contributed by atoms with Crippen LogP contribution in [0.3, 0.4) is 0 Å². The van der Waals surface area contributed by atoms with Crippen LogP contribution >= 0.6 is 0 Å². The highest BCUT2D eigenvalue weighted by molar-refractivity contribution is 5.72. The number of rotatable bonds is 2. The lowest BCUT2D eigenvalue weighted by molar-refractivity contribution is 0.246. The maximum Gasteiger partial charge on any atom is 0.312 e. The number of nitrogens with zero attached hydrogens (tertiary/aromatic N) is 1. The summed E-state index contributed by atoms with van der Waals surface area (Å²) in [5.41, 5.74) is 7.86. The maximum atomic E-state index is 10.6. The second-order valence-corrected chi connectivity index (χ2v) is 3.08. The van der Waals surface area contributed by atoms with Gasteiger partial charge in [-0.25, -0.2) is 4.79 Å². The van der Waals surface area contributed by atoms with Crippen LogP contribution in [-0.2, 0) is 0 Å². The van der Waals surface area contributed by atoms with Gasteiger partial charge in [-0.15, -0.1) is 0 Å². The van der Waals surface area contributed by atoms with Crippen LogP contribution in [0.5, 0.6) is 0 Å². The molecule has 0 radical (unpaired) electrons. The van der Waals surface area contributed by atoms with Gasteiger partial charge in [0, 0.05) is 11.3 Å². The highest BCUT2D eigenvalue weighted by Gasteiger charge is 2.14. The fourth-order valence-electron chi connectivity index (χ4n) is 1.48. The molecule has 0 fully saturated rings. The van der Waals surface area contributed by atoms with Crippen molar-refractivity contribution >= 4 is 6.03 Å². The van der Waals surface area contributed by atoms with Crippen LogP contribution < -0.4 is 11.1 Å². The molecule has 1 heterocycles. The number of amides is 2. The zero-order valence-electron chi connectivity index (χ0n) is 8.01. The van der Waals surface area contributed by atoms with E-state index >= 15 is 0 Å². The van der Waals surface area contributed by atoms with Gasteiger partial charge in [0.2, 0.25) is 0 Å². The van der Waals surface area contributed by atoms with Crippen molar-refractivity contribution in [2.45, 2.75) is 26.8 Å². The molecule has 4 N–H and O–H groups in total. The number of carbonyl (C=O) groups excluding carboxylic acids is 1. The van der Waals surface area contributed by atoms with Gasteiger partial charge in [-0.3, -0.25) is 5.10 Å². The molecule has 1 rings (SSSR count). The monoisotopic (exact) mass is 182 g/mol. The van der Waals surface area contributed by atoms with Crippen LogP contribution in [0.25, 0.3) is 0 Å². The quantitative estimate of drug-likeness (QED) is 0.630. The van der Waals surface area contributed by atoms with Gasteiger partial charge in [0.1, 0.15) is 0 Å². The number of urea groups is 1. The SMILES string of the molecule is Cc1n[nH]c(C)c1C(C)NC(N)=O. The first kappa shape index (κ1) is 9.57. The van der Waals surface area contributed by atoms with E-state index in [-0.39, 0.29) is 6.04 Å². The number of H-pyrrole nitrogens is 1. The van der Waals surface area contributed by atoms with Crippen molar-refractivity contribution in [1.82, 2.24) is 15.5 Å². The van der Waals surface area contributed by atoms with E-state index in [2.05, 4.69) is 15.5 Å². The van der Waals surface area contributed by atoms with Crippen LogP contribution in [0.4, 0.5) is 4.79 Å². The highest BCUT2D eigenvalue weighted by atomic mass is 16.2. The van der Waals surface area contributed by atoms with Gasteiger partial charge < -0.3 is 11.1 Å². The Balaban J connectivity index is 2.87. The summed E-state index contributed by atoms with van der Waals surface area (Å²) < 4.78 is 0. The van der Waals surface area contributed by atoms with Crippen molar-refractivity contribution in [3.63, 3.8) is 0 Å². The summed E-state index contributed by atoms with van der Waals surface area (Å²) in [6.45, 7) is 5.67. The van der Waals surface area contributed by atoms with E-state index in [1.54, 1.807) is 0 Å². The molecule has 1 unspecified atom stereocenters. The van der Waals surface area contributed by atoms with E-state index in [1.165, 1.54) is 0 Å². The minimum atomic E-state index is -0.521. The first-order valence-electron chi connectivity index (χ1n) is 4.09. The summed E-state index contributed by atoms with van der Waals surface area (Å²) in [5, 5.41) is 9.48. The van der Waals surface area contributed by atoms with Crippen LogP contribution in [0.1, 0.15) is 29.9 Å². The molecular formula is C8H14N4O. The standard InChI is InChI=1S/C8H14N4O/c1-4(10-8(9)13)7-5(2)11-12-6(7)3/h4H,1-3H3,(H,11,12)(H3,9,10,13). The average Bonchev–Trinajstić information content (AvgIpc) is 2.29. The molecular weight excluding hydrogens is 168 g/mol. The van der Waals surface area contributed by atoms with Crippen LogP contribution in [0.2, 0.25) is 0 Å². The molecule has 5 heteroatoms. The molecule has 72 valence electrons. The predicted molar refractivity (Wildman–Crippen MR) is 49.2 cm³/mol. The molecule has 0 aromatic carbocycles. The Kier molecular flexibility index (Phi) is 2.55. The van der Waals surface area contributed by atoms with Crippen molar-refractivity contribution in [3.8, 4) is 0 Å². The van der Waals surface area contributed by atoms with Crippen molar-refractivity contribution in [3.05, 3.63) is 17.0 Å². The van der Waals surface area contributed by atoms with Gasteiger partial charge in [0.05, 0.1) is 11.7 Å². The van der Waals surface area contributed by atoms with Crippen LogP contribution in [-0.4, -0.2) is 16.2 Å². The highest BCUT2D eigenvalue weighted by Crippen LogP contribution is 2.18. The van der Waals surface area contributed by atoms with E-state index in [1.807, 2.05) is 20.8 Å². The van der Waals surface area contributed by atoms with E-state index in [0.717, 1.165) is 17.0 Å². The third kappa shape index (κ3) is 1.99. The lowest BCUT2D eigenvalue weighted by atomic mass is 10.1. The molecule has 0 aliphatic carbocycles. The van der Waals surface area contributed by atoms with Crippen molar-refractivity contribution < 1.29 is 4.79 Å². The molecule has 0 saturated heterocycles. The summed E-state index contributed by atoms with van der Waals surface area (Å²) >= 11 is 0. The zero-order chi connectivity index (χ0) is 10.0. The Morgan fingerprint density at radius 1 is 1.62 bits per heavy atom. The third-order valence-electron chi connectivity index (χ3n) is 1.98. The molecule has 0 aliphatic rings. The first-order chi connectivity index (χ1) is 6.02. The minimum Gasteiger partial charge on any atom is -0.352 e. The lowest BCUT2D eigenvalue weighted by Gasteiger charge is -2.11. The number of nitrogens with two attached hydrogens (primary N) is 1. The second-order valence-electron chi connectivity index (χ2n) is 3.08. The number of hydrogen-bond acceptors (Lipinski definition) is 2. The second kappa shape index (κ2) is 3.47. The Bertz CT molecular complexity index is 298. The molecule has 5 nitrogen and oxygen atoms in total. The number of primary amides is 1. The van der Waals surface area contributed by atoms with Gasteiger partial charge in [-0.2, -0.15) is 5.10 Å². The van der Waals surface area contributed by atoms with Crippen molar-refractivity contribution in [1.29, 1.82) is 0 Å². The van der Waals surface area contributed by atoms with E-state index < -0.39 is 6.03 Å². The maximum absolute atomic E-state index is 10.6. The molecule has 1 aromatic heterocycles. The molecule has 2 amide bonds. The summed E-state index contributed by atoms with van der Waals surface area (Å²) in [5.74, 6) is 0. The van der Waals surface area contributed by atoms with Gasteiger partial charge in [-0.05, 0) is 20.8 Å². The van der Waals surface area contributed by atoms with Gasteiger partial charge in [0.15, 0.2) is 0 Å². The van der Waals surface area contributed by atoms with Crippen molar-refractivity contribution in [2.24, 2.45) is 5.73 Å². The van der Waals surface area contributed by atoms with E-state index in [9.17, 15) is 4.79 Å².